The molecule has 0 atom stereocenters. The zero-order valence-corrected chi connectivity index (χ0v) is 16.6. The summed E-state index contributed by atoms with van der Waals surface area (Å²) in [6.45, 7) is -0.0961. The van der Waals surface area contributed by atoms with E-state index in [0.717, 1.165) is 25.7 Å². The molecular formula is C21H21N3O4S. The lowest BCUT2D eigenvalue weighted by Gasteiger charge is -2.20. The topological polar surface area (TPSA) is 89.8 Å². The zero-order chi connectivity index (χ0) is 20.2. The highest BCUT2D eigenvalue weighted by atomic mass is 32.1. The van der Waals surface area contributed by atoms with Crippen LogP contribution in [0, 0.1) is 5.92 Å². The number of carbonyl (C=O) groups excluding carboxylic acids is 2. The molecule has 0 saturated heterocycles. The van der Waals surface area contributed by atoms with Gasteiger partial charge in [0, 0.05) is 29.2 Å². The minimum atomic E-state index is -0.535. The molecule has 0 spiro atoms. The molecule has 150 valence electrons. The van der Waals surface area contributed by atoms with Crippen molar-refractivity contribution in [3.05, 3.63) is 63.5 Å². The number of carbonyl (C=O) groups is 2. The lowest BCUT2D eigenvalue weighted by Crippen LogP contribution is -2.24. The number of anilines is 1. The van der Waals surface area contributed by atoms with Crippen LogP contribution in [0.25, 0.3) is 4.96 Å². The molecule has 1 saturated carbocycles. The molecule has 7 nitrogen and oxygen atoms in total. The molecule has 0 unspecified atom stereocenters. The number of rotatable bonds is 5. The number of hydrogen-bond acceptors (Lipinski definition) is 6. The van der Waals surface area contributed by atoms with Gasteiger partial charge in [-0.2, -0.15) is 0 Å². The Balaban J connectivity index is 1.40. The van der Waals surface area contributed by atoms with Crippen LogP contribution in [0.2, 0.25) is 0 Å². The maximum atomic E-state index is 12.4. The second kappa shape index (κ2) is 8.57. The van der Waals surface area contributed by atoms with Gasteiger partial charge in [-0.05, 0) is 31.0 Å². The number of fused-ring (bicyclic) bond motifs is 1. The third-order valence-electron chi connectivity index (χ3n) is 5.05. The van der Waals surface area contributed by atoms with Crippen molar-refractivity contribution < 1.29 is 14.3 Å². The van der Waals surface area contributed by atoms with E-state index in [1.54, 1.807) is 35.8 Å². The third-order valence-corrected chi connectivity index (χ3v) is 5.81. The van der Waals surface area contributed by atoms with Crippen molar-refractivity contribution in [3.63, 3.8) is 0 Å². The second-order valence-corrected chi connectivity index (χ2v) is 8.00. The van der Waals surface area contributed by atoms with E-state index in [1.807, 2.05) is 0 Å². The first-order valence-corrected chi connectivity index (χ1v) is 10.5. The molecule has 0 aliphatic heterocycles. The summed E-state index contributed by atoms with van der Waals surface area (Å²) in [5, 5.41) is 4.67. The molecule has 1 aromatic carbocycles. The van der Waals surface area contributed by atoms with Crippen molar-refractivity contribution in [1.82, 2.24) is 9.38 Å². The largest absolute Gasteiger partial charge is 0.456 e. The monoisotopic (exact) mass is 411 g/mol. The standard InChI is InChI=1S/C21H21N3O4S/c25-18-12-17(23-21-24(18)9-10-29-21)13-28-20(27)15-7-4-8-16(11-15)22-19(26)14-5-2-1-3-6-14/h4,7-12,14H,1-3,5-6,13H2,(H,22,26). The van der Waals surface area contributed by atoms with Crippen LogP contribution in [0.5, 0.6) is 0 Å². The van der Waals surface area contributed by atoms with Crippen LogP contribution in [0.4, 0.5) is 5.69 Å². The highest BCUT2D eigenvalue weighted by Crippen LogP contribution is 2.25. The van der Waals surface area contributed by atoms with Crippen molar-refractivity contribution in [2.45, 2.75) is 38.7 Å². The van der Waals surface area contributed by atoms with Gasteiger partial charge in [-0.1, -0.05) is 25.3 Å². The highest BCUT2D eigenvalue weighted by molar-refractivity contribution is 7.15. The maximum absolute atomic E-state index is 12.4. The molecule has 1 N–H and O–H groups in total. The number of amides is 1. The maximum Gasteiger partial charge on any atom is 0.338 e. The summed E-state index contributed by atoms with van der Waals surface area (Å²) in [5.41, 5.74) is 1.09. The first-order chi connectivity index (χ1) is 14.1. The number of nitrogens with one attached hydrogen (secondary N) is 1. The summed E-state index contributed by atoms with van der Waals surface area (Å²) in [6, 6.07) is 8.05. The molecule has 1 aliphatic carbocycles. The van der Waals surface area contributed by atoms with Crippen LogP contribution in [0.1, 0.15) is 48.2 Å². The van der Waals surface area contributed by atoms with E-state index in [1.165, 1.54) is 28.2 Å². The lowest BCUT2D eigenvalue weighted by atomic mass is 9.88. The Morgan fingerprint density at radius 3 is 2.86 bits per heavy atom. The Morgan fingerprint density at radius 1 is 1.21 bits per heavy atom. The van der Waals surface area contributed by atoms with E-state index in [9.17, 15) is 14.4 Å². The molecule has 4 rings (SSSR count). The van der Waals surface area contributed by atoms with Gasteiger partial charge in [0.05, 0.1) is 11.3 Å². The smallest absolute Gasteiger partial charge is 0.338 e. The van der Waals surface area contributed by atoms with Crippen LogP contribution in [-0.2, 0) is 16.1 Å². The number of benzene rings is 1. The first-order valence-electron chi connectivity index (χ1n) is 9.64. The van der Waals surface area contributed by atoms with Gasteiger partial charge >= 0.3 is 5.97 Å². The third kappa shape index (κ3) is 4.54. The van der Waals surface area contributed by atoms with Crippen LogP contribution in [0.15, 0.2) is 46.7 Å². The van der Waals surface area contributed by atoms with E-state index < -0.39 is 5.97 Å². The molecule has 8 heteroatoms. The lowest BCUT2D eigenvalue weighted by molar-refractivity contribution is -0.120. The second-order valence-electron chi connectivity index (χ2n) is 7.12. The average Bonchev–Trinajstić information content (AvgIpc) is 3.22. The van der Waals surface area contributed by atoms with Gasteiger partial charge in [-0.3, -0.25) is 14.0 Å². The predicted octanol–water partition coefficient (Wildman–Crippen LogP) is 3.63. The summed E-state index contributed by atoms with van der Waals surface area (Å²) >= 11 is 1.34. The number of esters is 1. The van der Waals surface area contributed by atoms with E-state index >= 15 is 0 Å². The molecule has 2 aromatic heterocycles. The van der Waals surface area contributed by atoms with Crippen LogP contribution in [-0.4, -0.2) is 21.3 Å². The molecule has 29 heavy (non-hydrogen) atoms. The normalized spacial score (nSPS) is 14.6. The van der Waals surface area contributed by atoms with E-state index in [2.05, 4.69) is 10.3 Å². The molecule has 3 aromatic rings. The van der Waals surface area contributed by atoms with Gasteiger partial charge in [-0.15, -0.1) is 11.3 Å². The van der Waals surface area contributed by atoms with Crippen molar-refractivity contribution in [3.8, 4) is 0 Å². The fourth-order valence-corrected chi connectivity index (χ4v) is 4.26. The average molecular weight is 411 g/mol. The summed E-state index contributed by atoms with van der Waals surface area (Å²) in [6.07, 6.45) is 6.83. The van der Waals surface area contributed by atoms with Gasteiger partial charge in [0.1, 0.15) is 6.61 Å². The fraction of sp³-hybridized carbons (Fsp3) is 0.333. The van der Waals surface area contributed by atoms with Crippen LogP contribution >= 0.6 is 11.3 Å². The zero-order valence-electron chi connectivity index (χ0n) is 15.8. The Morgan fingerprint density at radius 2 is 2.03 bits per heavy atom. The van der Waals surface area contributed by atoms with Gasteiger partial charge in [0.25, 0.3) is 5.56 Å². The number of hydrogen-bond donors (Lipinski definition) is 1. The number of nitrogens with zero attached hydrogens (tertiary/aromatic N) is 2. The molecular weight excluding hydrogens is 390 g/mol. The summed E-state index contributed by atoms with van der Waals surface area (Å²) in [5.74, 6) is -0.493. The van der Waals surface area contributed by atoms with Gasteiger partial charge in [0.2, 0.25) is 5.91 Å². The van der Waals surface area contributed by atoms with Crippen molar-refractivity contribution in [2.75, 3.05) is 5.32 Å². The van der Waals surface area contributed by atoms with Crippen molar-refractivity contribution in [1.29, 1.82) is 0 Å². The Labute approximate surface area is 171 Å². The minimum Gasteiger partial charge on any atom is -0.456 e. The van der Waals surface area contributed by atoms with E-state index in [-0.39, 0.29) is 24.0 Å². The summed E-state index contributed by atoms with van der Waals surface area (Å²) in [4.78, 5) is 41.7. The van der Waals surface area contributed by atoms with Gasteiger partial charge in [0.15, 0.2) is 4.96 Å². The highest BCUT2D eigenvalue weighted by Gasteiger charge is 2.21. The number of aromatic nitrogens is 2. The molecule has 1 fully saturated rings. The number of thiazole rings is 1. The van der Waals surface area contributed by atoms with Crippen LogP contribution < -0.4 is 10.9 Å². The summed E-state index contributed by atoms with van der Waals surface area (Å²) in [7, 11) is 0. The van der Waals surface area contributed by atoms with E-state index in [0.29, 0.717) is 21.9 Å². The predicted molar refractivity (Wildman–Crippen MR) is 110 cm³/mol. The van der Waals surface area contributed by atoms with Crippen molar-refractivity contribution >= 4 is 33.9 Å². The quantitative estimate of drug-likeness (QED) is 0.648. The van der Waals surface area contributed by atoms with E-state index in [4.69, 9.17) is 4.74 Å². The Kier molecular flexibility index (Phi) is 5.71. The van der Waals surface area contributed by atoms with Gasteiger partial charge in [-0.25, -0.2) is 9.78 Å². The Bertz CT molecular complexity index is 1100. The minimum absolute atomic E-state index is 0.00384. The molecule has 0 bridgehead atoms. The SMILES string of the molecule is O=C(OCc1cc(=O)n2ccsc2n1)c1cccc(NC(=O)C2CCCCC2)c1. The fourth-order valence-electron chi connectivity index (χ4n) is 3.52. The molecule has 1 aliphatic rings. The molecule has 2 heterocycles. The number of ether oxygens (including phenoxy) is 1. The molecule has 0 radical (unpaired) electrons. The van der Waals surface area contributed by atoms with Crippen LogP contribution in [0.3, 0.4) is 0 Å². The first kappa shape index (κ1) is 19.3. The Hall–Kier alpha value is -3.00. The molecule has 1 amide bonds. The van der Waals surface area contributed by atoms with Gasteiger partial charge < -0.3 is 10.1 Å². The van der Waals surface area contributed by atoms with Crippen molar-refractivity contribution in [2.24, 2.45) is 5.92 Å². The summed E-state index contributed by atoms with van der Waals surface area (Å²) < 4.78 is 6.75.